The normalized spacial score (nSPS) is 20.6. The molecule has 0 atom stereocenters. The number of piperazine rings is 1. The summed E-state index contributed by atoms with van der Waals surface area (Å²) < 4.78 is 27.2. The molecule has 2 aliphatic heterocycles. The van der Waals surface area contributed by atoms with Crippen LogP contribution in [0.15, 0.2) is 36.4 Å². The van der Waals surface area contributed by atoms with Crippen LogP contribution in [-0.4, -0.2) is 92.6 Å². The summed E-state index contributed by atoms with van der Waals surface area (Å²) in [5.41, 5.74) is 1.20. The van der Waals surface area contributed by atoms with Gasteiger partial charge in [-0.1, -0.05) is 42.5 Å². The van der Waals surface area contributed by atoms with Crippen LogP contribution in [0.4, 0.5) is 0 Å². The zero-order chi connectivity index (χ0) is 20.9. The molecule has 2 aliphatic rings. The molecule has 0 spiro atoms. The van der Waals surface area contributed by atoms with E-state index in [9.17, 15) is 13.2 Å². The van der Waals surface area contributed by atoms with Crippen LogP contribution in [0.2, 0.25) is 0 Å². The number of piperidine rings is 1. The minimum Gasteiger partial charge on any atom is -0.340 e. The summed E-state index contributed by atoms with van der Waals surface area (Å²) in [5.74, 6) is 0.125. The molecule has 0 unspecified atom stereocenters. The Kier molecular flexibility index (Phi) is 7.45. The summed E-state index contributed by atoms with van der Waals surface area (Å²) in [6.45, 7) is 4.96. The van der Waals surface area contributed by atoms with Gasteiger partial charge in [-0.15, -0.1) is 0 Å². The minimum atomic E-state index is -3.38. The molecule has 0 N–H and O–H groups in total. The molecule has 3 rings (SSSR count). The Hall–Kier alpha value is -1.74. The standard InChI is InChI=1S/C21H32N4O3S/c1-22(2)29(27,28)25-13-10-20(11-14-25)21(26)24-17-15-23(16-18-24)12-6-9-19-7-4-3-5-8-19/h3-9,20H,10-18H2,1-2H3. The predicted molar refractivity (Wildman–Crippen MR) is 115 cm³/mol. The van der Waals surface area contributed by atoms with E-state index in [-0.39, 0.29) is 11.8 Å². The number of hydrogen-bond donors (Lipinski definition) is 0. The molecule has 1 aromatic carbocycles. The first-order valence-corrected chi connectivity index (χ1v) is 11.7. The largest absolute Gasteiger partial charge is 0.340 e. The molecule has 2 heterocycles. The van der Waals surface area contributed by atoms with Gasteiger partial charge in [-0.25, -0.2) is 0 Å². The van der Waals surface area contributed by atoms with Crippen molar-refractivity contribution in [3.8, 4) is 0 Å². The van der Waals surface area contributed by atoms with Gasteiger partial charge >= 0.3 is 0 Å². The van der Waals surface area contributed by atoms with Crippen LogP contribution < -0.4 is 0 Å². The Morgan fingerprint density at radius 3 is 2.24 bits per heavy atom. The van der Waals surface area contributed by atoms with Gasteiger partial charge in [0.25, 0.3) is 10.2 Å². The van der Waals surface area contributed by atoms with E-state index in [0.29, 0.717) is 25.9 Å². The molecule has 1 aromatic rings. The lowest BCUT2D eigenvalue weighted by atomic mass is 9.96. The second kappa shape index (κ2) is 9.84. The maximum atomic E-state index is 12.9. The van der Waals surface area contributed by atoms with Crippen molar-refractivity contribution in [2.24, 2.45) is 5.92 Å². The molecule has 1 amide bonds. The highest BCUT2D eigenvalue weighted by Crippen LogP contribution is 2.23. The molecule has 0 saturated carbocycles. The average molecular weight is 421 g/mol. The van der Waals surface area contributed by atoms with Gasteiger partial charge in [0.1, 0.15) is 0 Å². The first-order valence-electron chi connectivity index (χ1n) is 10.3. The van der Waals surface area contributed by atoms with E-state index in [1.807, 2.05) is 23.1 Å². The number of amides is 1. The van der Waals surface area contributed by atoms with Crippen LogP contribution in [0.1, 0.15) is 18.4 Å². The van der Waals surface area contributed by atoms with E-state index >= 15 is 0 Å². The van der Waals surface area contributed by atoms with Gasteiger partial charge in [0.15, 0.2) is 0 Å². The summed E-state index contributed by atoms with van der Waals surface area (Å²) in [4.78, 5) is 17.2. The third-order valence-electron chi connectivity index (χ3n) is 5.75. The lowest BCUT2D eigenvalue weighted by Gasteiger charge is -2.38. The smallest absolute Gasteiger partial charge is 0.281 e. The molecule has 2 fully saturated rings. The summed E-state index contributed by atoms with van der Waals surface area (Å²) in [7, 11) is -0.296. The van der Waals surface area contributed by atoms with Crippen LogP contribution in [0.5, 0.6) is 0 Å². The third kappa shape index (κ3) is 5.66. The molecule has 0 aromatic heterocycles. The summed E-state index contributed by atoms with van der Waals surface area (Å²) in [6.07, 6.45) is 5.51. The molecule has 0 radical (unpaired) electrons. The van der Waals surface area contributed by atoms with Gasteiger partial charge in [-0.3, -0.25) is 9.69 Å². The van der Waals surface area contributed by atoms with Crippen molar-refractivity contribution >= 4 is 22.2 Å². The van der Waals surface area contributed by atoms with Crippen molar-refractivity contribution in [1.29, 1.82) is 0 Å². The Bertz CT molecular complexity index is 794. The van der Waals surface area contributed by atoms with E-state index in [2.05, 4.69) is 29.2 Å². The highest BCUT2D eigenvalue weighted by atomic mass is 32.2. The molecular weight excluding hydrogens is 388 g/mol. The fourth-order valence-corrected chi connectivity index (χ4v) is 5.01. The molecule has 7 nitrogen and oxygen atoms in total. The first kappa shape index (κ1) is 22.0. The Balaban J connectivity index is 1.42. The van der Waals surface area contributed by atoms with Gasteiger partial charge in [-0.2, -0.15) is 17.0 Å². The van der Waals surface area contributed by atoms with E-state index in [0.717, 1.165) is 32.7 Å². The van der Waals surface area contributed by atoms with Crippen LogP contribution in [-0.2, 0) is 15.0 Å². The number of hydrogen-bond acceptors (Lipinski definition) is 4. The van der Waals surface area contributed by atoms with Crippen molar-refractivity contribution in [2.45, 2.75) is 12.8 Å². The molecular formula is C21H32N4O3S. The van der Waals surface area contributed by atoms with Crippen molar-refractivity contribution < 1.29 is 13.2 Å². The molecule has 29 heavy (non-hydrogen) atoms. The predicted octanol–water partition coefficient (Wildman–Crippen LogP) is 1.36. The van der Waals surface area contributed by atoms with Crippen molar-refractivity contribution in [3.63, 3.8) is 0 Å². The number of rotatable bonds is 6. The Morgan fingerprint density at radius 1 is 1.03 bits per heavy atom. The van der Waals surface area contributed by atoms with Crippen LogP contribution >= 0.6 is 0 Å². The van der Waals surface area contributed by atoms with Crippen molar-refractivity contribution in [1.82, 2.24) is 18.4 Å². The van der Waals surface area contributed by atoms with Crippen molar-refractivity contribution in [2.75, 3.05) is 59.9 Å². The Labute approximate surface area is 174 Å². The number of nitrogens with zero attached hydrogens (tertiary/aromatic N) is 4. The quantitative estimate of drug-likeness (QED) is 0.697. The lowest BCUT2D eigenvalue weighted by molar-refractivity contribution is -0.138. The lowest BCUT2D eigenvalue weighted by Crippen LogP contribution is -2.52. The SMILES string of the molecule is CN(C)S(=O)(=O)N1CCC(C(=O)N2CCN(CC=Cc3ccccc3)CC2)CC1. The molecule has 160 valence electrons. The van der Waals surface area contributed by atoms with Gasteiger partial charge in [-0.05, 0) is 18.4 Å². The fourth-order valence-electron chi connectivity index (χ4n) is 3.88. The molecule has 0 aliphatic carbocycles. The number of carbonyl (C=O) groups is 1. The summed E-state index contributed by atoms with van der Waals surface area (Å²) in [6, 6.07) is 10.2. The van der Waals surface area contributed by atoms with Crippen LogP contribution in [0.3, 0.4) is 0 Å². The third-order valence-corrected chi connectivity index (χ3v) is 7.69. The summed E-state index contributed by atoms with van der Waals surface area (Å²) in [5, 5.41) is 0. The second-order valence-electron chi connectivity index (χ2n) is 7.90. The zero-order valence-corrected chi connectivity index (χ0v) is 18.2. The molecule has 8 heteroatoms. The highest BCUT2D eigenvalue weighted by Gasteiger charge is 2.34. The number of carbonyl (C=O) groups excluding carboxylic acids is 1. The number of benzene rings is 1. The van der Waals surface area contributed by atoms with Gasteiger partial charge in [0.2, 0.25) is 5.91 Å². The topological polar surface area (TPSA) is 64.2 Å². The van der Waals surface area contributed by atoms with E-state index in [1.165, 1.54) is 14.2 Å². The van der Waals surface area contributed by atoms with E-state index in [4.69, 9.17) is 0 Å². The summed E-state index contributed by atoms with van der Waals surface area (Å²) >= 11 is 0. The maximum absolute atomic E-state index is 12.9. The highest BCUT2D eigenvalue weighted by molar-refractivity contribution is 7.86. The second-order valence-corrected chi connectivity index (χ2v) is 10.0. The van der Waals surface area contributed by atoms with Gasteiger partial charge in [0, 0.05) is 65.8 Å². The van der Waals surface area contributed by atoms with Crippen LogP contribution in [0.25, 0.3) is 6.08 Å². The monoisotopic (exact) mass is 420 g/mol. The van der Waals surface area contributed by atoms with Gasteiger partial charge < -0.3 is 4.90 Å². The van der Waals surface area contributed by atoms with E-state index < -0.39 is 10.2 Å². The van der Waals surface area contributed by atoms with Crippen molar-refractivity contribution in [3.05, 3.63) is 42.0 Å². The van der Waals surface area contributed by atoms with Crippen LogP contribution in [0, 0.1) is 5.92 Å². The molecule has 2 saturated heterocycles. The zero-order valence-electron chi connectivity index (χ0n) is 17.4. The van der Waals surface area contributed by atoms with Gasteiger partial charge in [0.05, 0.1) is 0 Å². The average Bonchev–Trinajstić information content (AvgIpc) is 2.74. The van der Waals surface area contributed by atoms with E-state index in [1.54, 1.807) is 14.1 Å². The fraction of sp³-hybridized carbons (Fsp3) is 0.571. The first-order chi connectivity index (χ1) is 13.9. The molecule has 0 bridgehead atoms. The minimum absolute atomic E-state index is 0.0619. The Morgan fingerprint density at radius 2 is 1.66 bits per heavy atom. The maximum Gasteiger partial charge on any atom is 0.281 e.